The monoisotopic (exact) mass is 348 g/mol. The van der Waals surface area contributed by atoms with Crippen molar-refractivity contribution in [1.29, 1.82) is 0 Å². The molecule has 0 spiro atoms. The van der Waals surface area contributed by atoms with Crippen LogP contribution in [0.4, 0.5) is 0 Å². The SMILES string of the molecule is Brc1c2ncsc2c(Br)c2ncsc12. The van der Waals surface area contributed by atoms with Crippen LogP contribution in [0.25, 0.3) is 20.4 Å². The van der Waals surface area contributed by atoms with E-state index in [2.05, 4.69) is 41.8 Å². The molecular weight excluding hydrogens is 348 g/mol. The Bertz CT molecular complexity index is 526. The van der Waals surface area contributed by atoms with Crippen LogP contribution in [0.2, 0.25) is 0 Å². The molecule has 6 heteroatoms. The Kier molecular flexibility index (Phi) is 2.12. The smallest absolute Gasteiger partial charge is 0.0981 e. The lowest BCUT2D eigenvalue weighted by Gasteiger charge is -1.98. The molecule has 0 saturated carbocycles. The molecule has 0 aliphatic carbocycles. The number of fused-ring (bicyclic) bond motifs is 2. The molecular formula is C8H2Br2N2S2. The van der Waals surface area contributed by atoms with E-state index < -0.39 is 0 Å². The Morgan fingerprint density at radius 3 is 1.71 bits per heavy atom. The van der Waals surface area contributed by atoms with Crippen LogP contribution >= 0.6 is 54.5 Å². The van der Waals surface area contributed by atoms with Crippen LogP contribution in [0.5, 0.6) is 0 Å². The van der Waals surface area contributed by atoms with E-state index >= 15 is 0 Å². The van der Waals surface area contributed by atoms with Crippen LogP contribution in [-0.4, -0.2) is 9.97 Å². The quantitative estimate of drug-likeness (QED) is 0.600. The van der Waals surface area contributed by atoms with Crippen molar-refractivity contribution in [2.24, 2.45) is 0 Å². The highest BCUT2D eigenvalue weighted by Crippen LogP contribution is 2.41. The summed E-state index contributed by atoms with van der Waals surface area (Å²) in [5, 5.41) is 0. The summed E-state index contributed by atoms with van der Waals surface area (Å²) < 4.78 is 4.40. The summed E-state index contributed by atoms with van der Waals surface area (Å²) in [5.41, 5.74) is 5.73. The third-order valence-corrected chi connectivity index (χ3v) is 5.71. The fourth-order valence-electron chi connectivity index (χ4n) is 1.33. The Balaban J connectivity index is 2.72. The molecule has 0 unspecified atom stereocenters. The first-order chi connectivity index (χ1) is 6.79. The maximum absolute atomic E-state index is 4.33. The zero-order valence-corrected chi connectivity index (χ0v) is 11.4. The first-order valence-corrected chi connectivity index (χ1v) is 7.07. The summed E-state index contributed by atoms with van der Waals surface area (Å²) in [5.74, 6) is 0. The number of rotatable bonds is 0. The number of thiazole rings is 2. The average Bonchev–Trinajstić information content (AvgIpc) is 2.82. The molecule has 0 fully saturated rings. The second-order valence-corrected chi connectivity index (χ2v) is 5.98. The van der Waals surface area contributed by atoms with Crippen LogP contribution in [0.15, 0.2) is 20.0 Å². The minimum atomic E-state index is 1.01. The lowest BCUT2D eigenvalue weighted by atomic mass is 10.3. The van der Waals surface area contributed by atoms with Crippen LogP contribution < -0.4 is 0 Å². The van der Waals surface area contributed by atoms with Gasteiger partial charge < -0.3 is 0 Å². The normalized spacial score (nSPS) is 11.6. The van der Waals surface area contributed by atoms with Crippen molar-refractivity contribution in [3.63, 3.8) is 0 Å². The van der Waals surface area contributed by atoms with Crippen molar-refractivity contribution in [2.45, 2.75) is 0 Å². The summed E-state index contributed by atoms with van der Waals surface area (Å²) in [6.45, 7) is 0. The van der Waals surface area contributed by atoms with Gasteiger partial charge in [0, 0.05) is 0 Å². The van der Waals surface area contributed by atoms with Gasteiger partial charge >= 0.3 is 0 Å². The molecule has 70 valence electrons. The molecule has 0 amide bonds. The van der Waals surface area contributed by atoms with Gasteiger partial charge in [-0.15, -0.1) is 22.7 Å². The number of benzene rings is 1. The van der Waals surface area contributed by atoms with E-state index in [1.807, 2.05) is 11.0 Å². The largest absolute Gasteiger partial charge is 0.243 e. The Morgan fingerprint density at radius 2 is 1.29 bits per heavy atom. The maximum Gasteiger partial charge on any atom is 0.0981 e. The molecule has 2 aromatic heterocycles. The summed E-state index contributed by atoms with van der Waals surface area (Å²) >= 11 is 10.4. The standard InChI is InChI=1S/C8H2Br2N2S2/c9-3-5-7(13-1-11-5)4(10)6-8(3)14-2-12-6/h1-2H. The topological polar surface area (TPSA) is 25.8 Å². The van der Waals surface area contributed by atoms with E-state index in [1.54, 1.807) is 22.7 Å². The molecule has 2 heterocycles. The van der Waals surface area contributed by atoms with Gasteiger partial charge in [0.2, 0.25) is 0 Å². The predicted octanol–water partition coefficient (Wildman–Crippen LogP) is 4.43. The molecule has 3 aromatic rings. The number of aromatic nitrogens is 2. The molecule has 0 aliphatic heterocycles. The van der Waals surface area contributed by atoms with Gasteiger partial charge in [-0.25, -0.2) is 9.97 Å². The Hall–Kier alpha value is -0.0400. The first-order valence-electron chi connectivity index (χ1n) is 3.72. The summed E-state index contributed by atoms with van der Waals surface area (Å²) in [6.07, 6.45) is 0. The number of hydrogen-bond acceptors (Lipinski definition) is 4. The van der Waals surface area contributed by atoms with E-state index in [1.165, 1.54) is 0 Å². The van der Waals surface area contributed by atoms with E-state index in [4.69, 9.17) is 0 Å². The second-order valence-electron chi connectivity index (χ2n) is 2.69. The zero-order chi connectivity index (χ0) is 9.71. The molecule has 0 atom stereocenters. The second kappa shape index (κ2) is 3.23. The minimum Gasteiger partial charge on any atom is -0.243 e. The summed E-state index contributed by atoms with van der Waals surface area (Å²) in [4.78, 5) is 8.66. The van der Waals surface area contributed by atoms with Crippen LogP contribution in [0.1, 0.15) is 0 Å². The number of hydrogen-bond donors (Lipinski definition) is 0. The van der Waals surface area contributed by atoms with Crippen LogP contribution in [0, 0.1) is 0 Å². The van der Waals surface area contributed by atoms with Crippen molar-refractivity contribution in [3.8, 4) is 0 Å². The van der Waals surface area contributed by atoms with Crippen LogP contribution in [0.3, 0.4) is 0 Å². The van der Waals surface area contributed by atoms with Gasteiger partial charge in [0.1, 0.15) is 0 Å². The van der Waals surface area contributed by atoms with Gasteiger partial charge in [-0.3, -0.25) is 0 Å². The summed E-state index contributed by atoms with van der Waals surface area (Å²) in [7, 11) is 0. The Labute approximate surface area is 104 Å². The fourth-order valence-corrected chi connectivity index (χ4v) is 4.59. The molecule has 0 aliphatic rings. The molecule has 0 radical (unpaired) electrons. The highest BCUT2D eigenvalue weighted by Gasteiger charge is 2.14. The molecule has 1 aromatic carbocycles. The number of nitrogens with zero attached hydrogens (tertiary/aromatic N) is 2. The molecule has 2 nitrogen and oxygen atoms in total. The van der Waals surface area contributed by atoms with Crippen molar-refractivity contribution in [3.05, 3.63) is 20.0 Å². The highest BCUT2D eigenvalue weighted by atomic mass is 79.9. The highest BCUT2D eigenvalue weighted by molar-refractivity contribution is 9.11. The van der Waals surface area contributed by atoms with E-state index in [0.29, 0.717) is 0 Å². The van der Waals surface area contributed by atoms with Crippen LogP contribution in [-0.2, 0) is 0 Å². The fraction of sp³-hybridized carbons (Fsp3) is 0. The van der Waals surface area contributed by atoms with Crippen molar-refractivity contribution < 1.29 is 0 Å². The van der Waals surface area contributed by atoms with Crippen molar-refractivity contribution in [1.82, 2.24) is 9.97 Å². The van der Waals surface area contributed by atoms with Gasteiger partial charge in [0.15, 0.2) is 0 Å². The first kappa shape index (κ1) is 9.21. The van der Waals surface area contributed by atoms with Gasteiger partial charge in [0.25, 0.3) is 0 Å². The zero-order valence-electron chi connectivity index (χ0n) is 6.62. The van der Waals surface area contributed by atoms with E-state index in [9.17, 15) is 0 Å². The third kappa shape index (κ3) is 1.11. The maximum atomic E-state index is 4.33. The predicted molar refractivity (Wildman–Crippen MR) is 68.2 cm³/mol. The molecule has 0 saturated heterocycles. The Morgan fingerprint density at radius 1 is 0.857 bits per heavy atom. The number of halogens is 2. The van der Waals surface area contributed by atoms with Gasteiger partial charge in [0.05, 0.1) is 40.4 Å². The molecule has 14 heavy (non-hydrogen) atoms. The third-order valence-electron chi connectivity index (χ3n) is 1.95. The van der Waals surface area contributed by atoms with Crippen molar-refractivity contribution >= 4 is 75.0 Å². The molecule has 3 rings (SSSR count). The average molecular weight is 350 g/mol. The van der Waals surface area contributed by atoms with E-state index in [-0.39, 0.29) is 0 Å². The summed E-state index contributed by atoms with van der Waals surface area (Å²) in [6, 6.07) is 0. The van der Waals surface area contributed by atoms with E-state index in [0.717, 1.165) is 29.4 Å². The molecule has 0 N–H and O–H groups in total. The van der Waals surface area contributed by atoms with Gasteiger partial charge in [-0.1, -0.05) is 0 Å². The lowest BCUT2D eigenvalue weighted by molar-refractivity contribution is 1.47. The van der Waals surface area contributed by atoms with Gasteiger partial charge in [-0.05, 0) is 31.9 Å². The van der Waals surface area contributed by atoms with Crippen molar-refractivity contribution in [2.75, 3.05) is 0 Å². The van der Waals surface area contributed by atoms with Gasteiger partial charge in [-0.2, -0.15) is 0 Å². The molecule has 0 bridgehead atoms. The minimum absolute atomic E-state index is 1.01. The lowest BCUT2D eigenvalue weighted by Crippen LogP contribution is -1.76.